The number of amides is 1. The van der Waals surface area contributed by atoms with Crippen LogP contribution in [0, 0.1) is 0 Å². The number of fused-ring (bicyclic) bond motifs is 1. The van der Waals surface area contributed by atoms with Crippen molar-refractivity contribution in [3.05, 3.63) is 65.2 Å². The second kappa shape index (κ2) is 7.43. The number of nitrogens with zero attached hydrogens (tertiary/aromatic N) is 1. The van der Waals surface area contributed by atoms with E-state index < -0.39 is 0 Å². The van der Waals surface area contributed by atoms with E-state index in [1.54, 1.807) is 12.1 Å². The number of aliphatic hydroxyl groups excluding tert-OH is 1. The van der Waals surface area contributed by atoms with Crippen LogP contribution in [0.15, 0.2) is 54.6 Å². The fourth-order valence-corrected chi connectivity index (χ4v) is 2.78. The summed E-state index contributed by atoms with van der Waals surface area (Å²) in [6.45, 7) is 0.468. The predicted octanol–water partition coefficient (Wildman–Crippen LogP) is 3.67. The molecule has 0 aliphatic rings. The van der Waals surface area contributed by atoms with Gasteiger partial charge in [0.1, 0.15) is 0 Å². The summed E-state index contributed by atoms with van der Waals surface area (Å²) in [5, 5.41) is 13.1. The Balaban J connectivity index is 2.10. The molecule has 0 atom stereocenters. The number of halogens is 1. The molecule has 3 rings (SSSR count). The largest absolute Gasteiger partial charge is 0.396 e. The lowest BCUT2D eigenvalue weighted by Crippen LogP contribution is -2.25. The maximum atomic E-state index is 12.5. The molecule has 0 radical (unpaired) electrons. The highest BCUT2D eigenvalue weighted by molar-refractivity contribution is 6.33. The van der Waals surface area contributed by atoms with Gasteiger partial charge in [-0.3, -0.25) is 4.79 Å². The van der Waals surface area contributed by atoms with E-state index in [2.05, 4.69) is 10.3 Å². The van der Waals surface area contributed by atoms with Crippen molar-refractivity contribution in [3.8, 4) is 11.3 Å². The Kier molecular flexibility index (Phi) is 5.08. The van der Waals surface area contributed by atoms with Crippen LogP contribution in [0.4, 0.5) is 0 Å². The number of hydrogen-bond acceptors (Lipinski definition) is 3. The van der Waals surface area contributed by atoms with Gasteiger partial charge in [-0.05, 0) is 24.6 Å². The molecule has 1 aromatic heterocycles. The third-order valence-corrected chi connectivity index (χ3v) is 4.06. The number of hydrogen-bond donors (Lipinski definition) is 2. The highest BCUT2D eigenvalue weighted by Crippen LogP contribution is 2.29. The molecule has 5 heteroatoms. The number of carbonyl (C=O) groups excluding carboxylic acids is 1. The summed E-state index contributed by atoms with van der Waals surface area (Å²) in [5.41, 5.74) is 2.73. The minimum atomic E-state index is -0.185. The Labute approximate surface area is 145 Å². The van der Waals surface area contributed by atoms with Crippen molar-refractivity contribution in [3.63, 3.8) is 0 Å². The molecule has 0 aliphatic heterocycles. The van der Waals surface area contributed by atoms with Crippen molar-refractivity contribution in [1.29, 1.82) is 0 Å². The zero-order valence-electron chi connectivity index (χ0n) is 13.0. The van der Waals surface area contributed by atoms with Crippen LogP contribution in [0.2, 0.25) is 5.02 Å². The Morgan fingerprint density at radius 1 is 1.12 bits per heavy atom. The van der Waals surface area contributed by atoms with Gasteiger partial charge in [0.15, 0.2) is 0 Å². The van der Waals surface area contributed by atoms with Crippen molar-refractivity contribution >= 4 is 28.4 Å². The number of carbonyl (C=O) groups is 1. The second-order valence-corrected chi connectivity index (χ2v) is 5.79. The van der Waals surface area contributed by atoms with Gasteiger partial charge in [0.25, 0.3) is 5.91 Å². The average molecular weight is 341 g/mol. The fourth-order valence-electron chi connectivity index (χ4n) is 2.55. The van der Waals surface area contributed by atoms with Gasteiger partial charge in [-0.1, -0.05) is 48.0 Å². The molecule has 0 fully saturated rings. The van der Waals surface area contributed by atoms with E-state index in [9.17, 15) is 4.79 Å². The molecule has 0 spiro atoms. The number of rotatable bonds is 5. The first kappa shape index (κ1) is 16.4. The van der Waals surface area contributed by atoms with Crippen molar-refractivity contribution in [1.82, 2.24) is 10.3 Å². The van der Waals surface area contributed by atoms with E-state index in [1.165, 1.54) is 0 Å². The van der Waals surface area contributed by atoms with Gasteiger partial charge < -0.3 is 10.4 Å². The molecular weight excluding hydrogens is 324 g/mol. The molecule has 0 unspecified atom stereocenters. The lowest BCUT2D eigenvalue weighted by atomic mass is 10.0. The van der Waals surface area contributed by atoms with Crippen LogP contribution in [0.25, 0.3) is 22.2 Å². The zero-order chi connectivity index (χ0) is 16.9. The van der Waals surface area contributed by atoms with Crippen LogP contribution >= 0.6 is 11.6 Å². The maximum Gasteiger partial charge on any atom is 0.252 e. The third kappa shape index (κ3) is 3.40. The van der Waals surface area contributed by atoms with Gasteiger partial charge in [0, 0.05) is 29.1 Å². The second-order valence-electron chi connectivity index (χ2n) is 5.39. The van der Waals surface area contributed by atoms with Crippen LogP contribution in [-0.2, 0) is 0 Å². The lowest BCUT2D eigenvalue weighted by molar-refractivity contribution is 0.0953. The normalized spacial score (nSPS) is 10.8. The average Bonchev–Trinajstić information content (AvgIpc) is 2.61. The molecule has 2 aromatic carbocycles. The SMILES string of the molecule is O=C(NCCCO)c1cc(-c2ccccc2Cl)nc2ccccc12. The van der Waals surface area contributed by atoms with Crippen molar-refractivity contribution < 1.29 is 9.90 Å². The summed E-state index contributed by atoms with van der Waals surface area (Å²) in [6.07, 6.45) is 0.520. The first-order chi connectivity index (χ1) is 11.7. The highest BCUT2D eigenvalue weighted by Gasteiger charge is 2.14. The van der Waals surface area contributed by atoms with Crippen molar-refractivity contribution in [2.45, 2.75) is 6.42 Å². The van der Waals surface area contributed by atoms with E-state index >= 15 is 0 Å². The number of benzene rings is 2. The van der Waals surface area contributed by atoms with Gasteiger partial charge in [0.2, 0.25) is 0 Å². The van der Waals surface area contributed by atoms with Crippen LogP contribution in [0.3, 0.4) is 0 Å². The van der Waals surface area contributed by atoms with Crippen molar-refractivity contribution in [2.24, 2.45) is 0 Å². The third-order valence-electron chi connectivity index (χ3n) is 3.73. The molecule has 1 heterocycles. The molecule has 24 heavy (non-hydrogen) atoms. The minimum Gasteiger partial charge on any atom is -0.396 e. The molecule has 2 N–H and O–H groups in total. The van der Waals surface area contributed by atoms with Gasteiger partial charge in [0.05, 0.1) is 16.8 Å². The molecule has 1 amide bonds. The number of nitrogens with one attached hydrogen (secondary N) is 1. The summed E-state index contributed by atoms with van der Waals surface area (Å²) in [7, 11) is 0. The Hall–Kier alpha value is -2.43. The number of aliphatic hydroxyl groups is 1. The Bertz CT molecular complexity index is 880. The van der Waals surface area contributed by atoms with E-state index in [0.717, 1.165) is 16.5 Å². The Morgan fingerprint density at radius 2 is 1.88 bits per heavy atom. The lowest BCUT2D eigenvalue weighted by Gasteiger charge is -2.11. The summed E-state index contributed by atoms with van der Waals surface area (Å²) in [6, 6.07) is 16.7. The van der Waals surface area contributed by atoms with Gasteiger partial charge >= 0.3 is 0 Å². The van der Waals surface area contributed by atoms with Gasteiger partial charge in [-0.15, -0.1) is 0 Å². The standard InChI is InChI=1S/C19H17ClN2O2/c20-16-8-3-1-7-14(16)18-12-15(19(24)21-10-5-11-23)13-6-2-4-9-17(13)22-18/h1-4,6-9,12,23H,5,10-11H2,(H,21,24). The fraction of sp³-hybridized carbons (Fsp3) is 0.158. The van der Waals surface area contributed by atoms with Crippen LogP contribution in [0.1, 0.15) is 16.8 Å². The van der Waals surface area contributed by atoms with Crippen LogP contribution < -0.4 is 5.32 Å². The Morgan fingerprint density at radius 3 is 2.67 bits per heavy atom. The molecule has 0 bridgehead atoms. The first-order valence-corrected chi connectivity index (χ1v) is 8.12. The quantitative estimate of drug-likeness (QED) is 0.697. The number of aromatic nitrogens is 1. The summed E-state index contributed by atoms with van der Waals surface area (Å²) >= 11 is 6.28. The number of pyridine rings is 1. The zero-order valence-corrected chi connectivity index (χ0v) is 13.8. The summed E-state index contributed by atoms with van der Waals surface area (Å²) < 4.78 is 0. The molecular formula is C19H17ClN2O2. The molecule has 0 aliphatic carbocycles. The number of para-hydroxylation sites is 1. The molecule has 3 aromatic rings. The molecule has 4 nitrogen and oxygen atoms in total. The van der Waals surface area contributed by atoms with Gasteiger partial charge in [-0.25, -0.2) is 4.98 Å². The summed E-state index contributed by atoms with van der Waals surface area (Å²) in [4.78, 5) is 17.2. The van der Waals surface area contributed by atoms with Crippen LogP contribution in [-0.4, -0.2) is 29.1 Å². The molecule has 0 saturated heterocycles. The topological polar surface area (TPSA) is 62.2 Å². The minimum absolute atomic E-state index is 0.0439. The van der Waals surface area contributed by atoms with Crippen molar-refractivity contribution in [2.75, 3.05) is 13.2 Å². The van der Waals surface area contributed by atoms with E-state index in [4.69, 9.17) is 16.7 Å². The smallest absolute Gasteiger partial charge is 0.252 e. The van der Waals surface area contributed by atoms with E-state index in [1.807, 2.05) is 42.5 Å². The van der Waals surface area contributed by atoms with Gasteiger partial charge in [-0.2, -0.15) is 0 Å². The maximum absolute atomic E-state index is 12.5. The first-order valence-electron chi connectivity index (χ1n) is 7.74. The predicted molar refractivity (Wildman–Crippen MR) is 96.2 cm³/mol. The highest BCUT2D eigenvalue weighted by atomic mass is 35.5. The van der Waals surface area contributed by atoms with Crippen LogP contribution in [0.5, 0.6) is 0 Å². The van der Waals surface area contributed by atoms with E-state index in [-0.39, 0.29) is 12.5 Å². The summed E-state index contributed by atoms with van der Waals surface area (Å²) in [5.74, 6) is -0.185. The molecule has 122 valence electrons. The monoisotopic (exact) mass is 340 g/mol. The van der Waals surface area contributed by atoms with E-state index in [0.29, 0.717) is 29.2 Å². The molecule has 0 saturated carbocycles.